The first kappa shape index (κ1) is 15.5. The van der Waals surface area contributed by atoms with Crippen LogP contribution in [0, 0.1) is 0 Å². The number of aromatic nitrogens is 2. The standard InChI is InChI=1S/C15H17AsN2O3/c1-3-18-14(19)12(16)9-13(17-18)15(20)21-10(2)11-7-5-4-6-8-11/h4-10H,3,16H2,1-2H3. The molecule has 1 heterocycles. The number of aryl methyl sites for hydroxylation is 1. The van der Waals surface area contributed by atoms with E-state index in [4.69, 9.17) is 4.74 Å². The summed E-state index contributed by atoms with van der Waals surface area (Å²) < 4.78 is 7.23. The average molecular weight is 348 g/mol. The van der Waals surface area contributed by atoms with E-state index in [0.29, 0.717) is 10.9 Å². The Bertz CT molecular complexity index is 698. The number of hydrogen-bond donors (Lipinski definition) is 0. The Morgan fingerprint density at radius 2 is 2.05 bits per heavy atom. The molecule has 2 unspecified atom stereocenters. The third-order valence-electron chi connectivity index (χ3n) is 3.06. The minimum atomic E-state index is -0.521. The topological polar surface area (TPSA) is 61.2 Å². The van der Waals surface area contributed by atoms with Crippen molar-refractivity contribution in [1.29, 1.82) is 0 Å². The van der Waals surface area contributed by atoms with Crippen LogP contribution in [-0.4, -0.2) is 32.6 Å². The van der Waals surface area contributed by atoms with Gasteiger partial charge in [0.15, 0.2) is 0 Å². The van der Waals surface area contributed by atoms with Crippen LogP contribution in [0.2, 0.25) is 0 Å². The van der Waals surface area contributed by atoms with Gasteiger partial charge >= 0.3 is 131 Å². The fourth-order valence-corrected chi connectivity index (χ4v) is 2.53. The van der Waals surface area contributed by atoms with Gasteiger partial charge in [-0.3, -0.25) is 0 Å². The summed E-state index contributed by atoms with van der Waals surface area (Å²) in [5, 5.41) is 4.04. The van der Waals surface area contributed by atoms with Crippen LogP contribution in [0.1, 0.15) is 36.0 Å². The molecule has 1 aromatic heterocycles. The number of carbonyl (C=O) groups is 1. The van der Waals surface area contributed by atoms with E-state index in [1.165, 1.54) is 27.6 Å². The van der Waals surface area contributed by atoms with Gasteiger partial charge in [-0.15, -0.1) is 0 Å². The number of rotatable bonds is 4. The van der Waals surface area contributed by atoms with E-state index in [2.05, 4.69) is 5.10 Å². The van der Waals surface area contributed by atoms with Gasteiger partial charge in [0.25, 0.3) is 0 Å². The molecule has 6 heteroatoms. The number of benzene rings is 1. The van der Waals surface area contributed by atoms with Crippen molar-refractivity contribution in [2.45, 2.75) is 26.5 Å². The second-order valence-electron chi connectivity index (χ2n) is 4.56. The third kappa shape index (κ3) is 3.61. The fourth-order valence-electron chi connectivity index (χ4n) is 1.89. The van der Waals surface area contributed by atoms with E-state index in [9.17, 15) is 9.59 Å². The molecule has 0 saturated heterocycles. The van der Waals surface area contributed by atoms with E-state index >= 15 is 0 Å². The second-order valence-corrected chi connectivity index (χ2v) is 5.87. The first-order valence-corrected chi connectivity index (χ1v) is 7.87. The predicted octanol–water partition coefficient (Wildman–Crippen LogP) is 0.440. The number of nitrogens with zero attached hydrogens (tertiary/aromatic N) is 2. The predicted molar refractivity (Wildman–Crippen MR) is 82.6 cm³/mol. The maximum atomic E-state index is 12.2. The van der Waals surface area contributed by atoms with Crippen molar-refractivity contribution in [2.24, 2.45) is 0 Å². The Kier molecular flexibility index (Phi) is 4.97. The molecule has 0 N–H and O–H groups in total. The molecular formula is C15H17AsN2O3. The molecule has 2 aromatic rings. The van der Waals surface area contributed by atoms with E-state index in [1.54, 1.807) is 6.92 Å². The van der Waals surface area contributed by atoms with Crippen LogP contribution >= 0.6 is 0 Å². The summed E-state index contributed by atoms with van der Waals surface area (Å²) in [5.41, 5.74) is 0.916. The molecule has 0 aliphatic heterocycles. The molecule has 0 saturated carbocycles. The van der Waals surface area contributed by atoms with Gasteiger partial charge in [0.1, 0.15) is 0 Å². The molecule has 0 aliphatic carbocycles. The van der Waals surface area contributed by atoms with E-state index in [0.717, 1.165) is 5.56 Å². The van der Waals surface area contributed by atoms with Gasteiger partial charge in [0.2, 0.25) is 0 Å². The average Bonchev–Trinajstić information content (AvgIpc) is 2.50. The molecule has 5 nitrogen and oxygen atoms in total. The van der Waals surface area contributed by atoms with Crippen molar-refractivity contribution in [2.75, 3.05) is 0 Å². The van der Waals surface area contributed by atoms with Crippen molar-refractivity contribution in [3.63, 3.8) is 0 Å². The van der Waals surface area contributed by atoms with Gasteiger partial charge in [0, 0.05) is 0 Å². The van der Waals surface area contributed by atoms with Crippen LogP contribution in [-0.2, 0) is 11.3 Å². The summed E-state index contributed by atoms with van der Waals surface area (Å²) in [6.07, 6.45) is -0.367. The van der Waals surface area contributed by atoms with Gasteiger partial charge in [-0.1, -0.05) is 0 Å². The monoisotopic (exact) mass is 348 g/mol. The molecule has 0 spiro atoms. The van der Waals surface area contributed by atoms with Crippen LogP contribution < -0.4 is 9.91 Å². The summed E-state index contributed by atoms with van der Waals surface area (Å²) in [5.74, 6) is -0.521. The molecule has 0 amide bonds. The molecule has 110 valence electrons. The molecule has 2 rings (SSSR count). The summed E-state index contributed by atoms with van der Waals surface area (Å²) in [6.45, 7) is 4.04. The molecule has 0 fully saturated rings. The van der Waals surface area contributed by atoms with Crippen molar-refractivity contribution in [3.8, 4) is 0 Å². The Morgan fingerprint density at radius 3 is 2.67 bits per heavy atom. The van der Waals surface area contributed by atoms with Gasteiger partial charge < -0.3 is 0 Å². The Morgan fingerprint density at radius 1 is 1.38 bits per heavy atom. The van der Waals surface area contributed by atoms with Crippen LogP contribution in [0.25, 0.3) is 0 Å². The molecule has 0 bridgehead atoms. The van der Waals surface area contributed by atoms with Crippen LogP contribution in [0.3, 0.4) is 0 Å². The number of carbonyl (C=O) groups excluding carboxylic acids is 1. The maximum absolute atomic E-state index is 12.2. The summed E-state index contributed by atoms with van der Waals surface area (Å²) in [6, 6.07) is 11.0. The van der Waals surface area contributed by atoms with Crippen LogP contribution in [0.15, 0.2) is 41.2 Å². The third-order valence-corrected chi connectivity index (χ3v) is 3.93. The zero-order chi connectivity index (χ0) is 15.4. The van der Waals surface area contributed by atoms with Crippen LogP contribution in [0.4, 0.5) is 0 Å². The molecule has 0 aliphatic rings. The van der Waals surface area contributed by atoms with E-state index in [1.807, 2.05) is 37.3 Å². The Hall–Kier alpha value is -1.87. The van der Waals surface area contributed by atoms with Crippen molar-refractivity contribution in [1.82, 2.24) is 9.78 Å². The zero-order valence-corrected chi connectivity index (χ0v) is 14.4. The number of esters is 1. The van der Waals surface area contributed by atoms with Crippen molar-refractivity contribution >= 4 is 27.2 Å². The minimum absolute atomic E-state index is 0.162. The van der Waals surface area contributed by atoms with E-state index in [-0.39, 0.29) is 17.4 Å². The molecule has 21 heavy (non-hydrogen) atoms. The molecule has 2 atom stereocenters. The van der Waals surface area contributed by atoms with Gasteiger partial charge in [-0.05, 0) is 0 Å². The Labute approximate surface area is 131 Å². The first-order valence-electron chi connectivity index (χ1n) is 6.66. The normalized spacial score (nSPS) is 12.0. The SMILES string of the molecule is CCn1nc(C(=O)OC(C)c2ccccc2)cc([AsH2])c1=O. The molecule has 1 aromatic carbocycles. The van der Waals surface area contributed by atoms with Crippen molar-refractivity contribution in [3.05, 3.63) is 58.0 Å². The van der Waals surface area contributed by atoms with Crippen molar-refractivity contribution < 1.29 is 9.53 Å². The Balaban J connectivity index is 2.21. The quantitative estimate of drug-likeness (QED) is 0.594. The summed E-state index contributed by atoms with van der Waals surface area (Å²) in [7, 11) is 0. The van der Waals surface area contributed by atoms with Gasteiger partial charge in [-0.25, -0.2) is 0 Å². The number of ether oxygens (including phenoxy) is 1. The van der Waals surface area contributed by atoms with E-state index < -0.39 is 5.97 Å². The molecular weight excluding hydrogens is 331 g/mol. The summed E-state index contributed by atoms with van der Waals surface area (Å²) in [4.78, 5) is 23.9. The first-order chi connectivity index (χ1) is 10.0. The summed E-state index contributed by atoms with van der Waals surface area (Å²) >= 11 is 1.17. The second kappa shape index (κ2) is 6.72. The van der Waals surface area contributed by atoms with Gasteiger partial charge in [0.05, 0.1) is 0 Å². The zero-order valence-electron chi connectivity index (χ0n) is 11.9. The number of hydrogen-bond acceptors (Lipinski definition) is 4. The fraction of sp³-hybridized carbons (Fsp3) is 0.267. The molecule has 0 radical (unpaired) electrons. The van der Waals surface area contributed by atoms with Crippen LogP contribution in [0.5, 0.6) is 0 Å². The van der Waals surface area contributed by atoms with Gasteiger partial charge in [-0.2, -0.15) is 0 Å².